The van der Waals surface area contributed by atoms with E-state index in [1.54, 1.807) is 0 Å². The van der Waals surface area contributed by atoms with Gasteiger partial charge in [-0.05, 0) is 0 Å². The molecule has 0 aromatic rings. The zero-order valence-corrected chi connectivity index (χ0v) is 9.76. The average Bonchev–Trinajstić information content (AvgIpc) is 0.918. The first kappa shape index (κ1) is 8.95. The van der Waals surface area contributed by atoms with Crippen LogP contribution in [-0.2, 0) is 4.12 Å². The maximum Gasteiger partial charge on any atom is 0.129 e. The molecule has 24 valence electrons. The summed E-state index contributed by atoms with van der Waals surface area (Å²) in [5, 5.41) is 0. The molecule has 4 radical (unpaired) electrons. The quantitative estimate of drug-likeness (QED) is 0.380. The molecule has 0 spiro atoms. The summed E-state index contributed by atoms with van der Waals surface area (Å²) in [5.41, 5.74) is 0. The largest absolute Gasteiger partial charge is 0.471 e. The third kappa shape index (κ3) is 10.8. The first-order valence-electron chi connectivity index (χ1n) is 0.816. The van der Waals surface area contributed by atoms with Gasteiger partial charge in [-0.3, -0.25) is 0 Å². The van der Waals surface area contributed by atoms with Crippen LogP contribution in [0.2, 0.25) is 0 Å². The molecule has 0 aliphatic rings. The van der Waals surface area contributed by atoms with Crippen LogP contribution in [0.15, 0.2) is 0 Å². The zero-order chi connectivity index (χ0) is 2.71. The van der Waals surface area contributed by atoms with Gasteiger partial charge in [0, 0.05) is 23.9 Å². The normalized spacial score (nSPS) is 6.00. The monoisotopic (exact) mass is 198 g/mol. The standard InChI is InChI=1S/H6OSi2.Sn/c2-1-3;/h2-3H3;. The molecule has 0 N–H and O–H groups in total. The summed E-state index contributed by atoms with van der Waals surface area (Å²) in [7, 11) is 1.86. The van der Waals surface area contributed by atoms with Crippen molar-refractivity contribution in [3.8, 4) is 0 Å². The Morgan fingerprint density at radius 1 is 1.25 bits per heavy atom. The van der Waals surface area contributed by atoms with E-state index in [-0.39, 0.29) is 23.9 Å². The number of hydrogen-bond donors (Lipinski definition) is 0. The fourth-order valence-corrected chi connectivity index (χ4v) is 0. The van der Waals surface area contributed by atoms with E-state index < -0.39 is 0 Å². The molecule has 0 heterocycles. The molecule has 0 aliphatic heterocycles. The minimum Gasteiger partial charge on any atom is -0.471 e. The van der Waals surface area contributed by atoms with E-state index in [0.29, 0.717) is 0 Å². The van der Waals surface area contributed by atoms with Gasteiger partial charge in [0.1, 0.15) is 21.0 Å². The Labute approximate surface area is 49.2 Å². The summed E-state index contributed by atoms with van der Waals surface area (Å²) in [6.07, 6.45) is 0. The van der Waals surface area contributed by atoms with E-state index in [9.17, 15) is 0 Å². The molecule has 0 aromatic heterocycles. The van der Waals surface area contributed by atoms with Crippen LogP contribution in [0.3, 0.4) is 0 Å². The van der Waals surface area contributed by atoms with Gasteiger partial charge in [-0.1, -0.05) is 0 Å². The van der Waals surface area contributed by atoms with Gasteiger partial charge in [-0.25, -0.2) is 0 Å². The fourth-order valence-electron chi connectivity index (χ4n) is 0. The first-order chi connectivity index (χ1) is 1.41. The van der Waals surface area contributed by atoms with Crippen molar-refractivity contribution in [1.29, 1.82) is 0 Å². The molecule has 4 heteroatoms. The molecule has 0 saturated heterocycles. The Hall–Kier alpha value is 1.19. The van der Waals surface area contributed by atoms with E-state index in [1.807, 2.05) is 0 Å². The first-order valence-corrected chi connectivity index (χ1v) is 2.45. The van der Waals surface area contributed by atoms with E-state index >= 15 is 0 Å². The third-order valence-corrected chi connectivity index (χ3v) is 0. The summed E-state index contributed by atoms with van der Waals surface area (Å²) >= 11 is 0. The summed E-state index contributed by atoms with van der Waals surface area (Å²) in [6, 6.07) is 0. The molecular formula is H6OSi2Sn. The van der Waals surface area contributed by atoms with Gasteiger partial charge < -0.3 is 4.12 Å². The van der Waals surface area contributed by atoms with Crippen molar-refractivity contribution in [3.05, 3.63) is 0 Å². The summed E-state index contributed by atoms with van der Waals surface area (Å²) in [6.45, 7) is 0. The Morgan fingerprint density at radius 3 is 1.25 bits per heavy atom. The van der Waals surface area contributed by atoms with Gasteiger partial charge in [0.05, 0.1) is 0 Å². The van der Waals surface area contributed by atoms with Crippen LogP contribution >= 0.6 is 0 Å². The number of rotatable bonds is 0. The summed E-state index contributed by atoms with van der Waals surface area (Å²) < 4.78 is 4.53. The Morgan fingerprint density at radius 2 is 1.25 bits per heavy atom. The zero-order valence-electron chi connectivity index (χ0n) is 2.91. The maximum atomic E-state index is 4.53. The minimum absolute atomic E-state index is 0. The average molecular weight is 197 g/mol. The predicted molar refractivity (Wildman–Crippen MR) is 26.7 cm³/mol. The van der Waals surface area contributed by atoms with Gasteiger partial charge in [-0.2, -0.15) is 0 Å². The van der Waals surface area contributed by atoms with Crippen LogP contribution in [0.5, 0.6) is 0 Å². The third-order valence-electron chi connectivity index (χ3n) is 0. The van der Waals surface area contributed by atoms with Crippen molar-refractivity contribution in [2.75, 3.05) is 0 Å². The molecule has 0 atom stereocenters. The van der Waals surface area contributed by atoms with Crippen molar-refractivity contribution in [1.82, 2.24) is 0 Å². The maximum absolute atomic E-state index is 4.53. The fraction of sp³-hybridized carbons (Fsp3) is 0. The van der Waals surface area contributed by atoms with Crippen molar-refractivity contribution < 1.29 is 4.12 Å². The van der Waals surface area contributed by atoms with Crippen LogP contribution in [0.1, 0.15) is 0 Å². The molecule has 1 nitrogen and oxygen atoms in total. The van der Waals surface area contributed by atoms with Gasteiger partial charge in [0.15, 0.2) is 0 Å². The Bertz CT molecular complexity index is 6.00. The second-order valence-corrected chi connectivity index (χ2v) is 3.67. The minimum atomic E-state index is 0. The van der Waals surface area contributed by atoms with Crippen molar-refractivity contribution in [2.45, 2.75) is 0 Å². The second kappa shape index (κ2) is 8.89. The molecule has 0 bridgehead atoms. The molecule has 0 amide bonds. The van der Waals surface area contributed by atoms with E-state index in [2.05, 4.69) is 4.12 Å². The molecule has 0 rings (SSSR count). The number of hydrogen-bond acceptors (Lipinski definition) is 1. The van der Waals surface area contributed by atoms with E-state index in [4.69, 9.17) is 0 Å². The van der Waals surface area contributed by atoms with E-state index in [1.165, 1.54) is 0 Å². The SMILES string of the molecule is [SiH3]O[SiH3].[Sn]. The molecule has 0 unspecified atom stereocenters. The van der Waals surface area contributed by atoms with Crippen LogP contribution in [-0.4, -0.2) is 44.9 Å². The molecule has 0 aromatic carbocycles. The summed E-state index contributed by atoms with van der Waals surface area (Å²) in [4.78, 5) is 0. The molecule has 0 aliphatic carbocycles. The second-order valence-electron chi connectivity index (χ2n) is 0.408. The van der Waals surface area contributed by atoms with Crippen molar-refractivity contribution in [2.24, 2.45) is 0 Å². The van der Waals surface area contributed by atoms with Gasteiger partial charge in [0.2, 0.25) is 0 Å². The Kier molecular flexibility index (Phi) is 19.9. The molecular weight excluding hydrogens is 191 g/mol. The van der Waals surface area contributed by atoms with Crippen LogP contribution in [0.25, 0.3) is 0 Å². The van der Waals surface area contributed by atoms with Gasteiger partial charge >= 0.3 is 0 Å². The Balaban J connectivity index is 0. The van der Waals surface area contributed by atoms with Crippen molar-refractivity contribution in [3.63, 3.8) is 0 Å². The van der Waals surface area contributed by atoms with Crippen LogP contribution in [0.4, 0.5) is 0 Å². The van der Waals surface area contributed by atoms with Gasteiger partial charge in [0.25, 0.3) is 0 Å². The van der Waals surface area contributed by atoms with Crippen LogP contribution < -0.4 is 0 Å². The topological polar surface area (TPSA) is 9.23 Å². The summed E-state index contributed by atoms with van der Waals surface area (Å²) in [5.74, 6) is 0. The van der Waals surface area contributed by atoms with Crippen LogP contribution in [0, 0.1) is 0 Å². The molecule has 0 fully saturated rings. The van der Waals surface area contributed by atoms with Gasteiger partial charge in [-0.15, -0.1) is 0 Å². The predicted octanol–water partition coefficient (Wildman–Crippen LogP) is -2.82. The molecule has 0 saturated carbocycles. The van der Waals surface area contributed by atoms with E-state index in [0.717, 1.165) is 21.0 Å². The van der Waals surface area contributed by atoms with Crippen molar-refractivity contribution >= 4 is 44.9 Å². The molecule has 4 heavy (non-hydrogen) atoms. The smallest absolute Gasteiger partial charge is 0.129 e.